The standard InChI is InChI=1S/C22H27FN2O4Si/c1-29-13-14-5-7-17-15(11-14)9-10-25(22(27)28)20(17)21(26)24-16-6-8-19(18(23)12-16)30(2,3)4/h5-8,11-12,20H,9-10,13H2,1-4H3,(H,24,26)(H,27,28)/t20-/m1/s1. The van der Waals surface area contributed by atoms with Crippen molar-refractivity contribution in [1.29, 1.82) is 0 Å². The number of hydrogen-bond acceptors (Lipinski definition) is 3. The van der Waals surface area contributed by atoms with E-state index in [1.807, 2.05) is 31.8 Å². The molecular weight excluding hydrogens is 403 g/mol. The smallest absolute Gasteiger partial charge is 0.408 e. The van der Waals surface area contributed by atoms with Gasteiger partial charge < -0.3 is 15.2 Å². The highest BCUT2D eigenvalue weighted by molar-refractivity contribution is 6.88. The lowest BCUT2D eigenvalue weighted by Crippen LogP contribution is -2.45. The lowest BCUT2D eigenvalue weighted by molar-refractivity contribution is -0.121. The Hall–Kier alpha value is -2.71. The molecule has 0 spiro atoms. The molecule has 30 heavy (non-hydrogen) atoms. The molecule has 0 radical (unpaired) electrons. The van der Waals surface area contributed by atoms with Crippen LogP contribution in [0, 0.1) is 5.82 Å². The van der Waals surface area contributed by atoms with E-state index < -0.39 is 26.1 Å². The molecule has 2 N–H and O–H groups in total. The van der Waals surface area contributed by atoms with Crippen LogP contribution in [0.4, 0.5) is 14.9 Å². The summed E-state index contributed by atoms with van der Waals surface area (Å²) in [6, 6.07) is 9.24. The van der Waals surface area contributed by atoms with Gasteiger partial charge in [0.25, 0.3) is 5.91 Å². The molecule has 0 fully saturated rings. The Labute approximate surface area is 176 Å². The van der Waals surface area contributed by atoms with E-state index in [9.17, 15) is 19.1 Å². The summed E-state index contributed by atoms with van der Waals surface area (Å²) >= 11 is 0. The number of amides is 2. The number of rotatable bonds is 5. The lowest BCUT2D eigenvalue weighted by Gasteiger charge is -2.34. The largest absolute Gasteiger partial charge is 0.465 e. The summed E-state index contributed by atoms with van der Waals surface area (Å²) in [6.45, 7) is 6.79. The minimum absolute atomic E-state index is 0.208. The van der Waals surface area contributed by atoms with Crippen LogP contribution in [0.3, 0.4) is 0 Å². The summed E-state index contributed by atoms with van der Waals surface area (Å²) in [5, 5.41) is 13.0. The summed E-state index contributed by atoms with van der Waals surface area (Å²) in [5.74, 6) is -0.853. The third-order valence-electron chi connectivity index (χ3n) is 5.29. The second-order valence-electron chi connectivity index (χ2n) is 8.53. The van der Waals surface area contributed by atoms with E-state index in [0.29, 0.717) is 29.5 Å². The second kappa shape index (κ2) is 8.57. The molecule has 6 nitrogen and oxygen atoms in total. The van der Waals surface area contributed by atoms with Gasteiger partial charge in [0.05, 0.1) is 14.7 Å². The molecule has 1 aliphatic heterocycles. The van der Waals surface area contributed by atoms with Crippen molar-refractivity contribution in [3.05, 3.63) is 58.9 Å². The average Bonchev–Trinajstić information content (AvgIpc) is 2.66. The first-order valence-electron chi connectivity index (χ1n) is 9.83. The van der Waals surface area contributed by atoms with Crippen LogP contribution in [0.2, 0.25) is 19.6 Å². The van der Waals surface area contributed by atoms with Crippen molar-refractivity contribution in [3.63, 3.8) is 0 Å². The minimum atomic E-state index is -1.84. The normalized spacial score (nSPS) is 16.2. The number of nitrogens with one attached hydrogen (secondary N) is 1. The zero-order valence-corrected chi connectivity index (χ0v) is 18.7. The van der Waals surface area contributed by atoms with Crippen molar-refractivity contribution >= 4 is 30.9 Å². The molecule has 0 aliphatic carbocycles. The fourth-order valence-corrected chi connectivity index (χ4v) is 5.21. The number of halogens is 1. The second-order valence-corrected chi connectivity index (χ2v) is 13.6. The van der Waals surface area contributed by atoms with Gasteiger partial charge in [0.1, 0.15) is 11.9 Å². The Balaban J connectivity index is 1.91. The van der Waals surface area contributed by atoms with Crippen molar-refractivity contribution in [1.82, 2.24) is 4.90 Å². The molecule has 0 bridgehead atoms. The molecule has 160 valence electrons. The van der Waals surface area contributed by atoms with Gasteiger partial charge in [-0.1, -0.05) is 43.9 Å². The number of ether oxygens (including phenoxy) is 1. The van der Waals surface area contributed by atoms with Crippen LogP contribution in [-0.2, 0) is 22.6 Å². The highest BCUT2D eigenvalue weighted by Gasteiger charge is 2.36. The monoisotopic (exact) mass is 430 g/mol. The van der Waals surface area contributed by atoms with Crippen LogP contribution in [0.25, 0.3) is 0 Å². The Morgan fingerprint density at radius 1 is 1.23 bits per heavy atom. The number of carbonyl (C=O) groups is 2. The maximum Gasteiger partial charge on any atom is 0.408 e. The zero-order chi connectivity index (χ0) is 22.1. The molecule has 0 saturated carbocycles. The maximum atomic E-state index is 14.6. The Morgan fingerprint density at radius 3 is 2.57 bits per heavy atom. The first kappa shape index (κ1) is 22.0. The van der Waals surface area contributed by atoms with Crippen LogP contribution < -0.4 is 10.5 Å². The lowest BCUT2D eigenvalue weighted by atomic mass is 9.90. The number of hydrogen-bond donors (Lipinski definition) is 2. The number of methoxy groups -OCH3 is 1. The fourth-order valence-electron chi connectivity index (χ4n) is 3.84. The van der Waals surface area contributed by atoms with Crippen LogP contribution >= 0.6 is 0 Å². The summed E-state index contributed by atoms with van der Waals surface area (Å²) in [5.41, 5.74) is 2.83. The van der Waals surface area contributed by atoms with E-state index >= 15 is 0 Å². The summed E-state index contributed by atoms with van der Waals surface area (Å²) < 4.78 is 19.7. The third kappa shape index (κ3) is 4.54. The van der Waals surface area contributed by atoms with Crippen LogP contribution in [0.15, 0.2) is 36.4 Å². The number of fused-ring (bicyclic) bond motifs is 1. The highest BCUT2D eigenvalue weighted by atomic mass is 28.3. The van der Waals surface area contributed by atoms with Gasteiger partial charge in [-0.25, -0.2) is 9.18 Å². The molecule has 8 heteroatoms. The quantitative estimate of drug-likeness (QED) is 0.709. The molecule has 1 heterocycles. The first-order valence-corrected chi connectivity index (χ1v) is 13.3. The van der Waals surface area contributed by atoms with E-state index in [2.05, 4.69) is 5.32 Å². The predicted molar refractivity (Wildman–Crippen MR) is 116 cm³/mol. The van der Waals surface area contributed by atoms with Crippen molar-refractivity contribution in [2.75, 3.05) is 19.0 Å². The van der Waals surface area contributed by atoms with E-state index in [-0.39, 0.29) is 12.4 Å². The van der Waals surface area contributed by atoms with Gasteiger partial charge in [0.2, 0.25) is 0 Å². The van der Waals surface area contributed by atoms with Crippen molar-refractivity contribution in [2.24, 2.45) is 0 Å². The van der Waals surface area contributed by atoms with Crippen LogP contribution in [0.5, 0.6) is 0 Å². The zero-order valence-electron chi connectivity index (χ0n) is 17.7. The van der Waals surface area contributed by atoms with E-state index in [1.165, 1.54) is 6.07 Å². The molecule has 2 aromatic carbocycles. The van der Waals surface area contributed by atoms with Gasteiger partial charge >= 0.3 is 6.09 Å². The number of nitrogens with zero attached hydrogens (tertiary/aromatic N) is 1. The fraction of sp³-hybridized carbons (Fsp3) is 0.364. The molecule has 0 aromatic heterocycles. The Morgan fingerprint density at radius 2 is 1.97 bits per heavy atom. The SMILES string of the molecule is COCc1ccc2c(c1)CCN(C(=O)O)[C@H]2C(=O)Nc1ccc([Si](C)(C)C)c(F)c1. The number of carbonyl (C=O) groups excluding carboxylic acids is 1. The van der Waals surface area contributed by atoms with Crippen molar-refractivity contribution in [2.45, 2.75) is 38.7 Å². The van der Waals surface area contributed by atoms with Crippen molar-refractivity contribution in [3.8, 4) is 0 Å². The summed E-state index contributed by atoms with van der Waals surface area (Å²) in [6.07, 6.45) is -0.648. The van der Waals surface area contributed by atoms with Gasteiger partial charge in [-0.05, 0) is 40.4 Å². The van der Waals surface area contributed by atoms with Crippen LogP contribution in [0.1, 0.15) is 22.7 Å². The third-order valence-corrected chi connectivity index (χ3v) is 7.31. The first-order chi connectivity index (χ1) is 14.1. The Bertz CT molecular complexity index is 974. The minimum Gasteiger partial charge on any atom is -0.465 e. The van der Waals surface area contributed by atoms with E-state index in [4.69, 9.17) is 4.74 Å². The topological polar surface area (TPSA) is 78.9 Å². The molecule has 3 rings (SSSR count). The molecular formula is C22H27FN2O4Si. The molecule has 2 amide bonds. The maximum absolute atomic E-state index is 14.6. The number of anilines is 1. The Kier molecular flexibility index (Phi) is 6.28. The highest BCUT2D eigenvalue weighted by Crippen LogP contribution is 2.32. The van der Waals surface area contributed by atoms with Gasteiger partial charge in [0.15, 0.2) is 0 Å². The van der Waals surface area contributed by atoms with E-state index in [0.717, 1.165) is 16.0 Å². The number of carboxylic acid groups (broad SMARTS) is 1. The summed E-state index contributed by atoms with van der Waals surface area (Å²) in [7, 11) is -0.237. The predicted octanol–water partition coefficient (Wildman–Crippen LogP) is 3.73. The number of benzene rings is 2. The molecule has 1 atom stereocenters. The van der Waals surface area contributed by atoms with Gasteiger partial charge in [-0.2, -0.15) is 0 Å². The molecule has 0 saturated heterocycles. The molecule has 0 unspecified atom stereocenters. The molecule has 2 aromatic rings. The average molecular weight is 431 g/mol. The van der Waals surface area contributed by atoms with Crippen LogP contribution in [-0.4, -0.2) is 43.7 Å². The van der Waals surface area contributed by atoms with Crippen molar-refractivity contribution < 1.29 is 23.8 Å². The van der Waals surface area contributed by atoms with Gasteiger partial charge in [0, 0.05) is 19.3 Å². The van der Waals surface area contributed by atoms with E-state index in [1.54, 1.807) is 25.3 Å². The van der Waals surface area contributed by atoms with Gasteiger partial charge in [-0.3, -0.25) is 9.69 Å². The van der Waals surface area contributed by atoms with Gasteiger partial charge in [-0.15, -0.1) is 0 Å². The molecule has 1 aliphatic rings. The summed E-state index contributed by atoms with van der Waals surface area (Å²) in [4.78, 5) is 26.0.